The molecule has 0 unspecified atom stereocenters. The topological polar surface area (TPSA) is 132 Å². The molecule has 10 heavy (non-hydrogen) atoms. The van der Waals surface area contributed by atoms with Crippen molar-refractivity contribution >= 4 is 0 Å². The molecule has 64 valence electrons. The second-order valence-corrected chi connectivity index (χ2v) is 0.447. The van der Waals surface area contributed by atoms with Crippen LogP contribution in [-0.2, 0) is 33.0 Å². The fourth-order valence-electron chi connectivity index (χ4n) is 0. The van der Waals surface area contributed by atoms with Gasteiger partial charge in [0.1, 0.15) is 0 Å². The molecule has 0 aromatic rings. The standard InChI is InChI=1S/2NO3.2Ni/c2*2-1(3)4;;/q2*-1;2*+2. The zero-order valence-electron chi connectivity index (χ0n) is 3.98. The molecule has 0 radical (unpaired) electrons. The first-order chi connectivity index (χ1) is 3.46. The molecule has 0 fully saturated rings. The summed E-state index contributed by atoms with van der Waals surface area (Å²) in [7, 11) is 0. The van der Waals surface area contributed by atoms with Gasteiger partial charge in [0.2, 0.25) is 0 Å². The number of hydrogen-bond acceptors (Lipinski definition) is 6. The van der Waals surface area contributed by atoms with Crippen molar-refractivity contribution in [2.24, 2.45) is 0 Å². The molecule has 0 aromatic carbocycles. The minimum Gasteiger partial charge on any atom is -0.356 e. The minimum absolute atomic E-state index is 0. The van der Waals surface area contributed by atoms with Crippen LogP contribution in [0.5, 0.6) is 0 Å². The van der Waals surface area contributed by atoms with Crippen LogP contribution in [-0.4, -0.2) is 10.2 Å². The molecule has 0 bridgehead atoms. The number of rotatable bonds is 0. The van der Waals surface area contributed by atoms with Gasteiger partial charge in [-0.1, -0.05) is 0 Å². The maximum Gasteiger partial charge on any atom is 2.00 e. The van der Waals surface area contributed by atoms with Crippen molar-refractivity contribution in [2.75, 3.05) is 0 Å². The van der Waals surface area contributed by atoms with Crippen molar-refractivity contribution in [3.63, 3.8) is 0 Å². The van der Waals surface area contributed by atoms with Crippen LogP contribution in [0.2, 0.25) is 0 Å². The zero-order chi connectivity index (χ0) is 7.15. The second kappa shape index (κ2) is 15.8. The van der Waals surface area contributed by atoms with Crippen LogP contribution in [0.1, 0.15) is 0 Å². The van der Waals surface area contributed by atoms with E-state index in [1.165, 1.54) is 0 Å². The van der Waals surface area contributed by atoms with E-state index in [0.29, 0.717) is 0 Å². The molecular weight excluding hydrogens is 241 g/mol. The maximum atomic E-state index is 8.25. The third-order valence-electron chi connectivity index (χ3n) is 0. The van der Waals surface area contributed by atoms with E-state index >= 15 is 0 Å². The third-order valence-corrected chi connectivity index (χ3v) is 0. The minimum atomic E-state index is -1.75. The summed E-state index contributed by atoms with van der Waals surface area (Å²) in [6.07, 6.45) is 0. The molecule has 0 aliphatic heterocycles. The molecule has 8 nitrogen and oxygen atoms in total. The molecule has 0 amide bonds. The first-order valence-electron chi connectivity index (χ1n) is 1.10. The van der Waals surface area contributed by atoms with Gasteiger partial charge in [-0.05, 0) is 0 Å². The summed E-state index contributed by atoms with van der Waals surface area (Å²) in [5.74, 6) is 0. The Balaban J connectivity index is -0.0000000300. The van der Waals surface area contributed by atoms with E-state index in [9.17, 15) is 0 Å². The summed E-state index contributed by atoms with van der Waals surface area (Å²) in [4.78, 5) is 16.5. The van der Waals surface area contributed by atoms with E-state index in [0.717, 1.165) is 0 Å². The molecule has 0 rings (SSSR count). The van der Waals surface area contributed by atoms with Crippen molar-refractivity contribution in [3.05, 3.63) is 30.6 Å². The smallest absolute Gasteiger partial charge is 0.356 e. The Kier molecular flexibility index (Phi) is 35.9. The molecule has 0 spiro atoms. The van der Waals surface area contributed by atoms with Crippen molar-refractivity contribution < 1.29 is 43.2 Å². The maximum absolute atomic E-state index is 8.25. The average molecular weight is 241 g/mol. The van der Waals surface area contributed by atoms with E-state index in [4.69, 9.17) is 30.6 Å². The van der Waals surface area contributed by atoms with Gasteiger partial charge < -0.3 is 30.6 Å². The number of nitrogens with zero attached hydrogens (tertiary/aromatic N) is 2. The Morgan fingerprint density at radius 1 is 0.700 bits per heavy atom. The molecule has 0 aromatic heterocycles. The van der Waals surface area contributed by atoms with Crippen LogP contribution >= 0.6 is 0 Å². The van der Waals surface area contributed by atoms with Gasteiger partial charge in [-0.25, -0.2) is 0 Å². The SMILES string of the molecule is O=[N+]([O-])[O-].O=[N+]([O-])[O-].[Ni+2].[Ni+2]. The molecule has 0 saturated carbocycles. The Morgan fingerprint density at radius 2 is 0.700 bits per heavy atom. The van der Waals surface area contributed by atoms with Crippen LogP contribution in [0.15, 0.2) is 0 Å². The number of hydrogen-bond donors (Lipinski definition) is 0. The van der Waals surface area contributed by atoms with E-state index in [-0.39, 0.29) is 33.0 Å². The summed E-state index contributed by atoms with van der Waals surface area (Å²) in [5, 5.41) is 29.5. The van der Waals surface area contributed by atoms with Crippen LogP contribution in [0, 0.1) is 30.6 Å². The van der Waals surface area contributed by atoms with Gasteiger partial charge in [-0.2, -0.15) is 0 Å². The molecular formula is N2Ni2O6+2. The normalized spacial score (nSPS) is 4.80. The van der Waals surface area contributed by atoms with Crippen LogP contribution in [0.3, 0.4) is 0 Å². The Morgan fingerprint density at radius 3 is 0.700 bits per heavy atom. The quantitative estimate of drug-likeness (QED) is 0.319. The van der Waals surface area contributed by atoms with Gasteiger partial charge in [0, 0.05) is 0 Å². The van der Waals surface area contributed by atoms with Gasteiger partial charge >= 0.3 is 33.0 Å². The third kappa shape index (κ3) is 802. The van der Waals surface area contributed by atoms with Gasteiger partial charge in [0.25, 0.3) is 0 Å². The fraction of sp³-hybridized carbons (Fsp3) is 0. The monoisotopic (exact) mass is 240 g/mol. The van der Waals surface area contributed by atoms with E-state index < -0.39 is 10.2 Å². The summed E-state index contributed by atoms with van der Waals surface area (Å²) in [6, 6.07) is 0. The summed E-state index contributed by atoms with van der Waals surface area (Å²) >= 11 is 0. The van der Waals surface area contributed by atoms with Gasteiger partial charge in [0.05, 0.1) is 10.2 Å². The predicted molar refractivity (Wildman–Crippen MR) is 20.7 cm³/mol. The summed E-state index contributed by atoms with van der Waals surface area (Å²) < 4.78 is 0. The van der Waals surface area contributed by atoms with Crippen molar-refractivity contribution in [1.82, 2.24) is 0 Å². The molecule has 0 N–H and O–H groups in total. The van der Waals surface area contributed by atoms with Crippen LogP contribution in [0.25, 0.3) is 0 Å². The Hall–Kier alpha value is -0.613. The predicted octanol–water partition coefficient (Wildman–Crippen LogP) is -0.483. The molecule has 0 saturated heterocycles. The largest absolute Gasteiger partial charge is 2.00 e. The van der Waals surface area contributed by atoms with Crippen molar-refractivity contribution in [3.8, 4) is 0 Å². The summed E-state index contributed by atoms with van der Waals surface area (Å²) in [6.45, 7) is 0. The van der Waals surface area contributed by atoms with Gasteiger partial charge in [0.15, 0.2) is 0 Å². The van der Waals surface area contributed by atoms with Gasteiger partial charge in [-0.3, -0.25) is 0 Å². The second-order valence-electron chi connectivity index (χ2n) is 0.447. The van der Waals surface area contributed by atoms with E-state index in [2.05, 4.69) is 0 Å². The molecule has 10 heteroatoms. The van der Waals surface area contributed by atoms with Crippen molar-refractivity contribution in [2.45, 2.75) is 0 Å². The summed E-state index contributed by atoms with van der Waals surface area (Å²) in [5.41, 5.74) is 0. The molecule has 0 heterocycles. The van der Waals surface area contributed by atoms with Crippen LogP contribution in [0.4, 0.5) is 0 Å². The van der Waals surface area contributed by atoms with Crippen LogP contribution < -0.4 is 0 Å². The fourth-order valence-corrected chi connectivity index (χ4v) is 0. The molecule has 0 aliphatic carbocycles. The first kappa shape index (κ1) is 22.8. The first-order valence-corrected chi connectivity index (χ1v) is 1.10. The van der Waals surface area contributed by atoms with E-state index in [1.54, 1.807) is 0 Å². The Labute approximate surface area is 74.3 Å². The zero-order valence-corrected chi connectivity index (χ0v) is 5.95. The molecule has 0 aliphatic rings. The van der Waals surface area contributed by atoms with Crippen molar-refractivity contribution in [1.29, 1.82) is 0 Å². The average Bonchev–Trinajstić information content (AvgIpc) is 1.25. The van der Waals surface area contributed by atoms with Gasteiger partial charge in [-0.15, -0.1) is 0 Å². The van der Waals surface area contributed by atoms with E-state index in [1.807, 2.05) is 0 Å². The molecule has 0 atom stereocenters. The Bertz CT molecular complexity index is 71.7.